The molecule has 0 radical (unpaired) electrons. The summed E-state index contributed by atoms with van der Waals surface area (Å²) in [5.41, 5.74) is -7.11. The molecule has 1 heterocycles. The van der Waals surface area contributed by atoms with E-state index in [2.05, 4.69) is 0 Å². The zero-order valence-electron chi connectivity index (χ0n) is 24.6. The molecule has 224 valence electrons. The smallest absolute Gasteiger partial charge is 0.334 e. The van der Waals surface area contributed by atoms with Crippen LogP contribution in [-0.2, 0) is 38.8 Å². The van der Waals surface area contributed by atoms with Crippen molar-refractivity contribution in [3.8, 4) is 0 Å². The third-order valence-corrected chi connectivity index (χ3v) is 6.53. The molecule has 2 rings (SSSR count). The number of non-ortho nitro benzene ring substituents is 1. The number of nitro groups is 1. The molecule has 0 atom stereocenters. The highest BCUT2D eigenvalue weighted by Gasteiger charge is 2.61. The second-order valence-electron chi connectivity index (χ2n) is 11.6. The van der Waals surface area contributed by atoms with Crippen molar-refractivity contribution in [1.82, 2.24) is 4.90 Å². The molecule has 0 saturated heterocycles. The molecule has 0 spiro atoms. The Balaban J connectivity index is 3.28. The lowest BCUT2D eigenvalue weighted by atomic mass is 9.64. The van der Waals surface area contributed by atoms with Gasteiger partial charge in [0.15, 0.2) is 0 Å². The van der Waals surface area contributed by atoms with Crippen LogP contribution in [0.1, 0.15) is 61.0 Å². The molecule has 1 aliphatic rings. The normalized spacial score (nSPS) is 15.6. The quantitative estimate of drug-likeness (QED) is 0.187. The van der Waals surface area contributed by atoms with Crippen LogP contribution in [-0.4, -0.2) is 64.0 Å². The maximum absolute atomic E-state index is 13.3. The topological polar surface area (TPSA) is 183 Å². The molecule has 13 nitrogen and oxygen atoms in total. The van der Waals surface area contributed by atoms with Crippen molar-refractivity contribution < 1.29 is 48.5 Å². The van der Waals surface area contributed by atoms with Crippen LogP contribution in [0.3, 0.4) is 0 Å². The number of hydrogen-bond donors (Lipinski definition) is 2. The molecule has 2 N–H and O–H groups in total. The van der Waals surface area contributed by atoms with E-state index >= 15 is 0 Å². The highest BCUT2D eigenvalue weighted by molar-refractivity contribution is 6.01. The Hall–Kier alpha value is -4.26. The number of carbonyl (C=O) groups excluding carboxylic acids is 2. The number of aliphatic carboxylic acids is 2. The molecule has 41 heavy (non-hydrogen) atoms. The number of ether oxygens (including phenoxy) is 3. The standard InChI is InChI=1S/C28H36N2O11/c1-15-19(21(31)32)28(17-11-10-12-18(13-17)30(37)38,20(22(33)34)16(2)29(15)14-39-9)25(40-23(35)26(3,4)5)41-24(36)27(6,7)8/h10-13,25H,14H2,1-9H3,(H,31,32)(H,33,34). The molecule has 1 aromatic rings. The van der Waals surface area contributed by atoms with Crippen LogP contribution in [0.25, 0.3) is 0 Å². The van der Waals surface area contributed by atoms with Crippen molar-refractivity contribution in [2.75, 3.05) is 13.8 Å². The van der Waals surface area contributed by atoms with Crippen LogP contribution in [0, 0.1) is 20.9 Å². The summed E-state index contributed by atoms with van der Waals surface area (Å²) in [6.45, 7) is 11.5. The van der Waals surface area contributed by atoms with Crippen LogP contribution in [0.4, 0.5) is 5.69 Å². The molecule has 0 unspecified atom stereocenters. The number of hydrogen-bond acceptors (Lipinski definition) is 10. The summed E-state index contributed by atoms with van der Waals surface area (Å²) in [5, 5.41) is 33.1. The summed E-state index contributed by atoms with van der Waals surface area (Å²) in [6.07, 6.45) is -2.21. The van der Waals surface area contributed by atoms with Crippen molar-refractivity contribution in [3.63, 3.8) is 0 Å². The fourth-order valence-corrected chi connectivity index (χ4v) is 4.46. The van der Waals surface area contributed by atoms with E-state index in [1.807, 2.05) is 0 Å². The van der Waals surface area contributed by atoms with Crippen molar-refractivity contribution >= 4 is 29.6 Å². The zero-order valence-corrected chi connectivity index (χ0v) is 24.6. The molecule has 0 fully saturated rings. The molecule has 0 amide bonds. The van der Waals surface area contributed by atoms with Crippen molar-refractivity contribution in [2.45, 2.75) is 67.1 Å². The van der Waals surface area contributed by atoms with Gasteiger partial charge in [0, 0.05) is 30.6 Å². The van der Waals surface area contributed by atoms with Gasteiger partial charge in [-0.25, -0.2) is 9.59 Å². The van der Waals surface area contributed by atoms with Gasteiger partial charge in [0.2, 0.25) is 0 Å². The molecule has 13 heteroatoms. The molecule has 0 bridgehead atoms. The Morgan fingerprint density at radius 1 is 0.927 bits per heavy atom. The number of benzene rings is 1. The number of nitrogens with zero attached hydrogens (tertiary/aromatic N) is 2. The lowest BCUT2D eigenvalue weighted by Crippen LogP contribution is -2.56. The third-order valence-electron chi connectivity index (χ3n) is 6.53. The summed E-state index contributed by atoms with van der Waals surface area (Å²) in [4.78, 5) is 65.1. The third kappa shape index (κ3) is 6.24. The van der Waals surface area contributed by atoms with E-state index in [9.17, 15) is 39.5 Å². The van der Waals surface area contributed by atoms with Crippen molar-refractivity contribution in [1.29, 1.82) is 0 Å². The number of nitro benzene ring substituents is 1. The SMILES string of the molecule is COCN1C(C)=C(C(=O)O)C(c2cccc([N+](=O)[O-])c2)(C(OC(=O)C(C)(C)C)OC(=O)C(C)(C)C)C(C(=O)O)=C1C. The van der Waals surface area contributed by atoms with E-state index in [4.69, 9.17) is 14.2 Å². The number of carboxylic acid groups (broad SMARTS) is 2. The second-order valence-corrected chi connectivity index (χ2v) is 11.6. The summed E-state index contributed by atoms with van der Waals surface area (Å²) < 4.78 is 16.7. The largest absolute Gasteiger partial charge is 0.478 e. The predicted octanol–water partition coefficient (Wildman–Crippen LogP) is 3.97. The fraction of sp³-hybridized carbons (Fsp3) is 0.500. The van der Waals surface area contributed by atoms with Gasteiger partial charge in [-0.1, -0.05) is 12.1 Å². The van der Waals surface area contributed by atoms with Gasteiger partial charge in [-0.3, -0.25) is 19.7 Å². The van der Waals surface area contributed by atoms with Crippen molar-refractivity contribution in [2.24, 2.45) is 10.8 Å². The molecule has 0 aromatic heterocycles. The van der Waals surface area contributed by atoms with Crippen LogP contribution in [0.15, 0.2) is 46.8 Å². The average Bonchev–Trinajstić information content (AvgIpc) is 2.83. The van der Waals surface area contributed by atoms with E-state index < -0.39 is 68.2 Å². The minimum Gasteiger partial charge on any atom is -0.478 e. The minimum atomic E-state index is -2.57. The summed E-state index contributed by atoms with van der Waals surface area (Å²) >= 11 is 0. The van der Waals surface area contributed by atoms with E-state index in [1.54, 1.807) is 0 Å². The summed E-state index contributed by atoms with van der Waals surface area (Å²) in [6, 6.07) is 4.59. The molecular weight excluding hydrogens is 540 g/mol. The first-order chi connectivity index (χ1) is 18.7. The van der Waals surface area contributed by atoms with Crippen LogP contribution in [0.2, 0.25) is 0 Å². The monoisotopic (exact) mass is 576 g/mol. The van der Waals surface area contributed by atoms with E-state index in [-0.39, 0.29) is 23.7 Å². The highest BCUT2D eigenvalue weighted by Crippen LogP contribution is 2.52. The zero-order chi connectivity index (χ0) is 31.7. The Kier molecular flexibility index (Phi) is 9.40. The number of carbonyl (C=O) groups is 4. The Morgan fingerprint density at radius 3 is 1.71 bits per heavy atom. The molecule has 1 aliphatic heterocycles. The lowest BCUT2D eigenvalue weighted by Gasteiger charge is -2.47. The number of esters is 2. The lowest BCUT2D eigenvalue weighted by molar-refractivity contribution is -0.385. The molecule has 1 aromatic carbocycles. The van der Waals surface area contributed by atoms with Gasteiger partial charge in [-0.05, 0) is 61.0 Å². The van der Waals surface area contributed by atoms with E-state index in [1.165, 1.54) is 79.5 Å². The van der Waals surface area contributed by atoms with Gasteiger partial charge in [0.05, 0.1) is 26.9 Å². The van der Waals surface area contributed by atoms with E-state index in [0.717, 1.165) is 12.1 Å². The van der Waals surface area contributed by atoms with Crippen LogP contribution >= 0.6 is 0 Å². The first kappa shape index (κ1) is 32.9. The van der Waals surface area contributed by atoms with Gasteiger partial charge >= 0.3 is 23.9 Å². The first-order valence-electron chi connectivity index (χ1n) is 12.6. The van der Waals surface area contributed by atoms with Gasteiger partial charge in [-0.15, -0.1) is 0 Å². The Labute approximate surface area is 237 Å². The maximum atomic E-state index is 13.3. The van der Waals surface area contributed by atoms with Gasteiger partial charge < -0.3 is 29.3 Å². The maximum Gasteiger partial charge on any atom is 0.334 e. The Bertz CT molecular complexity index is 1260. The van der Waals surface area contributed by atoms with Gasteiger partial charge in [0.1, 0.15) is 12.1 Å². The van der Waals surface area contributed by atoms with Gasteiger partial charge in [0.25, 0.3) is 12.0 Å². The number of rotatable bonds is 9. The Morgan fingerprint density at radius 2 is 1.37 bits per heavy atom. The molecular formula is C28H36N2O11. The van der Waals surface area contributed by atoms with E-state index in [0.29, 0.717) is 0 Å². The highest BCUT2D eigenvalue weighted by atomic mass is 16.7. The van der Waals surface area contributed by atoms with Crippen LogP contribution in [0.5, 0.6) is 0 Å². The average molecular weight is 577 g/mol. The number of carboxylic acids is 2. The summed E-state index contributed by atoms with van der Waals surface area (Å²) in [5.74, 6) is -5.19. The summed E-state index contributed by atoms with van der Waals surface area (Å²) in [7, 11) is 1.32. The molecule has 0 saturated carbocycles. The van der Waals surface area contributed by atoms with Crippen molar-refractivity contribution in [3.05, 3.63) is 62.5 Å². The first-order valence-corrected chi connectivity index (χ1v) is 12.6. The predicted molar refractivity (Wildman–Crippen MR) is 144 cm³/mol. The van der Waals surface area contributed by atoms with Crippen LogP contribution < -0.4 is 0 Å². The number of methoxy groups -OCH3 is 1. The second kappa shape index (κ2) is 11.7. The molecule has 0 aliphatic carbocycles. The van der Waals surface area contributed by atoms with Gasteiger partial charge in [-0.2, -0.15) is 0 Å². The minimum absolute atomic E-state index is 0.0306. The number of allylic oxidation sites excluding steroid dienone is 2. The fourth-order valence-electron chi connectivity index (χ4n) is 4.46.